The summed E-state index contributed by atoms with van der Waals surface area (Å²) in [5.74, 6) is -1.23. The van der Waals surface area contributed by atoms with Crippen LogP contribution in [-0.2, 0) is 9.59 Å². The second kappa shape index (κ2) is 3.55. The van der Waals surface area contributed by atoms with Crippen molar-refractivity contribution in [2.45, 2.75) is 20.3 Å². The summed E-state index contributed by atoms with van der Waals surface area (Å²) in [5, 5.41) is 0. The van der Waals surface area contributed by atoms with Crippen LogP contribution in [0.1, 0.15) is 20.3 Å². The van der Waals surface area contributed by atoms with E-state index < -0.39 is 11.2 Å². The molecule has 0 aliphatic carbocycles. The summed E-state index contributed by atoms with van der Waals surface area (Å²) in [6, 6.07) is 3.64. The number of hydrogen-bond acceptors (Lipinski definition) is 3. The first kappa shape index (κ1) is 11.6. The number of rotatable bonds is 1. The van der Waals surface area contributed by atoms with Gasteiger partial charge in [-0.3, -0.25) is 9.59 Å². The Balaban J connectivity index is 2.51. The molecule has 1 aromatic carbocycles. The first-order valence-corrected chi connectivity index (χ1v) is 5.25. The van der Waals surface area contributed by atoms with Gasteiger partial charge in [0.15, 0.2) is 0 Å². The predicted molar refractivity (Wildman–Crippen MR) is 61.7 cm³/mol. The van der Waals surface area contributed by atoms with Crippen molar-refractivity contribution < 1.29 is 14.0 Å². The standard InChI is InChI=1S/C12H13FN2O2/c1-12(2)6-10(16)15(11(12)17)9-5-7(13)3-4-8(9)14/h3-5H,6,14H2,1-2H3. The number of benzene rings is 1. The largest absolute Gasteiger partial charge is 0.397 e. The smallest absolute Gasteiger partial charge is 0.240 e. The molecule has 2 amide bonds. The molecule has 2 rings (SSSR count). The maximum Gasteiger partial charge on any atom is 0.240 e. The topological polar surface area (TPSA) is 63.4 Å². The van der Waals surface area contributed by atoms with Gasteiger partial charge in [-0.2, -0.15) is 0 Å². The lowest BCUT2D eigenvalue weighted by atomic mass is 9.92. The molecule has 0 unspecified atom stereocenters. The zero-order valence-electron chi connectivity index (χ0n) is 9.66. The van der Waals surface area contributed by atoms with Gasteiger partial charge in [0.25, 0.3) is 0 Å². The summed E-state index contributed by atoms with van der Waals surface area (Å²) >= 11 is 0. The molecular weight excluding hydrogens is 223 g/mol. The number of halogens is 1. The lowest BCUT2D eigenvalue weighted by molar-refractivity contribution is -0.124. The monoisotopic (exact) mass is 236 g/mol. The molecule has 1 aliphatic heterocycles. The Labute approximate surface area is 98.2 Å². The molecule has 0 saturated carbocycles. The van der Waals surface area contributed by atoms with Crippen molar-refractivity contribution in [1.29, 1.82) is 0 Å². The van der Waals surface area contributed by atoms with Crippen LogP contribution < -0.4 is 10.6 Å². The highest BCUT2D eigenvalue weighted by molar-refractivity contribution is 6.23. The van der Waals surface area contributed by atoms with Gasteiger partial charge in [-0.05, 0) is 12.1 Å². The number of carbonyl (C=O) groups excluding carboxylic acids is 2. The van der Waals surface area contributed by atoms with Gasteiger partial charge in [0.1, 0.15) is 5.82 Å². The molecule has 90 valence electrons. The molecule has 0 radical (unpaired) electrons. The summed E-state index contributed by atoms with van der Waals surface area (Å²) in [6.45, 7) is 3.37. The Morgan fingerprint density at radius 1 is 1.35 bits per heavy atom. The number of amides is 2. The Morgan fingerprint density at radius 3 is 2.53 bits per heavy atom. The Hall–Kier alpha value is -1.91. The minimum Gasteiger partial charge on any atom is -0.397 e. The minimum atomic E-state index is -0.754. The second-order valence-corrected chi connectivity index (χ2v) is 4.80. The van der Waals surface area contributed by atoms with Gasteiger partial charge in [-0.15, -0.1) is 0 Å². The van der Waals surface area contributed by atoms with E-state index in [0.717, 1.165) is 11.0 Å². The van der Waals surface area contributed by atoms with Crippen molar-refractivity contribution in [3.63, 3.8) is 0 Å². The molecule has 5 heteroatoms. The fourth-order valence-electron chi connectivity index (χ4n) is 1.90. The fraction of sp³-hybridized carbons (Fsp3) is 0.333. The van der Waals surface area contributed by atoms with E-state index >= 15 is 0 Å². The van der Waals surface area contributed by atoms with E-state index in [1.807, 2.05) is 0 Å². The van der Waals surface area contributed by atoms with E-state index in [0.29, 0.717) is 0 Å². The molecule has 0 bridgehead atoms. The molecule has 0 spiro atoms. The summed E-state index contributed by atoms with van der Waals surface area (Å²) in [7, 11) is 0. The van der Waals surface area contributed by atoms with Crippen molar-refractivity contribution in [2.75, 3.05) is 10.6 Å². The van der Waals surface area contributed by atoms with Gasteiger partial charge < -0.3 is 5.73 Å². The van der Waals surface area contributed by atoms with Gasteiger partial charge in [0.2, 0.25) is 11.8 Å². The van der Waals surface area contributed by atoms with Crippen molar-refractivity contribution in [2.24, 2.45) is 5.41 Å². The second-order valence-electron chi connectivity index (χ2n) is 4.80. The molecule has 1 fully saturated rings. The molecule has 0 aromatic heterocycles. The molecule has 0 atom stereocenters. The van der Waals surface area contributed by atoms with Gasteiger partial charge in [-0.25, -0.2) is 9.29 Å². The van der Waals surface area contributed by atoms with Gasteiger partial charge in [0.05, 0.1) is 16.8 Å². The van der Waals surface area contributed by atoms with E-state index in [4.69, 9.17) is 5.73 Å². The first-order valence-electron chi connectivity index (χ1n) is 5.25. The van der Waals surface area contributed by atoms with Crippen LogP contribution in [-0.4, -0.2) is 11.8 Å². The van der Waals surface area contributed by atoms with Crippen molar-refractivity contribution in [3.8, 4) is 0 Å². The molecule has 1 heterocycles. The van der Waals surface area contributed by atoms with Gasteiger partial charge in [-0.1, -0.05) is 13.8 Å². The van der Waals surface area contributed by atoms with Crippen molar-refractivity contribution in [1.82, 2.24) is 0 Å². The highest BCUT2D eigenvalue weighted by Crippen LogP contribution is 2.37. The number of nitrogens with zero attached hydrogens (tertiary/aromatic N) is 1. The maximum absolute atomic E-state index is 13.1. The lowest BCUT2D eigenvalue weighted by Gasteiger charge is -2.19. The highest BCUT2D eigenvalue weighted by Gasteiger charge is 2.46. The van der Waals surface area contributed by atoms with Crippen LogP contribution in [0.2, 0.25) is 0 Å². The number of hydrogen-bond donors (Lipinski definition) is 1. The van der Waals surface area contributed by atoms with Gasteiger partial charge >= 0.3 is 0 Å². The summed E-state index contributed by atoms with van der Waals surface area (Å²) in [4.78, 5) is 24.8. The van der Waals surface area contributed by atoms with E-state index in [-0.39, 0.29) is 29.6 Å². The molecule has 2 N–H and O–H groups in total. The average molecular weight is 236 g/mol. The van der Waals surface area contributed by atoms with Crippen LogP contribution in [0, 0.1) is 11.2 Å². The Bertz CT molecular complexity index is 511. The van der Waals surface area contributed by atoms with Crippen LogP contribution in [0.25, 0.3) is 0 Å². The molecular formula is C12H13FN2O2. The van der Waals surface area contributed by atoms with Crippen LogP contribution >= 0.6 is 0 Å². The van der Waals surface area contributed by atoms with E-state index in [2.05, 4.69) is 0 Å². The average Bonchev–Trinajstić information content (AvgIpc) is 2.41. The summed E-state index contributed by atoms with van der Waals surface area (Å²) < 4.78 is 13.1. The van der Waals surface area contributed by atoms with Crippen molar-refractivity contribution >= 4 is 23.2 Å². The summed E-state index contributed by atoms with van der Waals surface area (Å²) in [5.41, 5.74) is 5.26. The predicted octanol–water partition coefficient (Wildman–Crippen LogP) is 1.70. The molecule has 17 heavy (non-hydrogen) atoms. The van der Waals surface area contributed by atoms with Crippen molar-refractivity contribution in [3.05, 3.63) is 24.0 Å². The first-order chi connectivity index (χ1) is 7.83. The van der Waals surface area contributed by atoms with Crippen LogP contribution in [0.5, 0.6) is 0 Å². The van der Waals surface area contributed by atoms with Crippen LogP contribution in [0.15, 0.2) is 18.2 Å². The minimum absolute atomic E-state index is 0.113. The number of anilines is 2. The quantitative estimate of drug-likeness (QED) is 0.596. The molecule has 1 aliphatic rings. The third kappa shape index (κ3) is 1.77. The molecule has 4 nitrogen and oxygen atoms in total. The summed E-state index contributed by atoms with van der Waals surface area (Å²) in [6.07, 6.45) is 0.113. The lowest BCUT2D eigenvalue weighted by Crippen LogP contribution is -2.33. The molecule has 1 aromatic rings. The SMILES string of the molecule is CC1(C)CC(=O)N(c2cc(F)ccc2N)C1=O. The number of nitrogen functional groups attached to an aromatic ring is 1. The molecule has 1 saturated heterocycles. The Morgan fingerprint density at radius 2 is 2.00 bits per heavy atom. The van der Waals surface area contributed by atoms with E-state index in [1.54, 1.807) is 13.8 Å². The highest BCUT2D eigenvalue weighted by atomic mass is 19.1. The fourth-order valence-corrected chi connectivity index (χ4v) is 1.90. The third-order valence-corrected chi connectivity index (χ3v) is 2.86. The normalized spacial score (nSPS) is 18.9. The zero-order valence-corrected chi connectivity index (χ0v) is 9.66. The Kier molecular flexibility index (Phi) is 2.41. The van der Waals surface area contributed by atoms with Gasteiger partial charge in [0, 0.05) is 12.5 Å². The van der Waals surface area contributed by atoms with Crippen LogP contribution in [0.4, 0.5) is 15.8 Å². The van der Waals surface area contributed by atoms with E-state index in [9.17, 15) is 14.0 Å². The number of carbonyl (C=O) groups is 2. The number of nitrogens with two attached hydrogens (primary N) is 1. The third-order valence-electron chi connectivity index (χ3n) is 2.86. The van der Waals surface area contributed by atoms with E-state index in [1.165, 1.54) is 12.1 Å². The number of imide groups is 1. The zero-order chi connectivity index (χ0) is 12.8. The van der Waals surface area contributed by atoms with Crippen LogP contribution in [0.3, 0.4) is 0 Å². The maximum atomic E-state index is 13.1.